The highest BCUT2D eigenvalue weighted by atomic mass is 35.5. The van der Waals surface area contributed by atoms with Crippen molar-refractivity contribution in [3.63, 3.8) is 0 Å². The second kappa shape index (κ2) is 11.5. The average Bonchev–Trinajstić information content (AvgIpc) is 2.77. The van der Waals surface area contributed by atoms with E-state index in [1.54, 1.807) is 17.0 Å². The molecule has 1 aliphatic heterocycles. The molecule has 0 saturated carbocycles. The number of hydrogen-bond acceptors (Lipinski definition) is 2. The predicted molar refractivity (Wildman–Crippen MR) is 118 cm³/mol. The molecule has 158 valence electrons. The van der Waals surface area contributed by atoms with Gasteiger partial charge in [0.15, 0.2) is 0 Å². The number of amides is 2. The van der Waals surface area contributed by atoms with E-state index in [0.29, 0.717) is 11.4 Å². The third-order valence-corrected chi connectivity index (χ3v) is 5.66. The van der Waals surface area contributed by atoms with Gasteiger partial charge in [-0.25, -0.2) is 0 Å². The molecular formula is C23H29ClN4O2+2. The molecule has 0 bridgehead atoms. The van der Waals surface area contributed by atoms with Crippen molar-refractivity contribution in [3.05, 3.63) is 76.8 Å². The number of carbonyl (C=O) groups excluding carboxylic acids is 2. The van der Waals surface area contributed by atoms with Crippen LogP contribution in [0.25, 0.3) is 6.08 Å². The highest BCUT2D eigenvalue weighted by molar-refractivity contribution is 6.32. The molecule has 6 nitrogen and oxygen atoms in total. The molecule has 1 saturated heterocycles. The topological polar surface area (TPSA) is 67.1 Å². The quantitative estimate of drug-likeness (QED) is 0.367. The first-order chi connectivity index (χ1) is 14.6. The van der Waals surface area contributed by atoms with E-state index in [1.165, 1.54) is 16.5 Å². The summed E-state index contributed by atoms with van der Waals surface area (Å²) in [5, 5.41) is 0.569. The van der Waals surface area contributed by atoms with Gasteiger partial charge in [0.1, 0.15) is 32.7 Å². The normalized spacial score (nSPS) is 18.8. The maximum Gasteiger partial charge on any atom is 0.262 e. The van der Waals surface area contributed by atoms with Crippen LogP contribution in [0.5, 0.6) is 0 Å². The van der Waals surface area contributed by atoms with E-state index in [2.05, 4.69) is 35.1 Å². The molecule has 1 fully saturated rings. The number of nitrogens with one attached hydrogen (secondary N) is 4. The molecule has 2 aromatic carbocycles. The highest BCUT2D eigenvalue weighted by Crippen LogP contribution is 2.15. The Morgan fingerprint density at radius 2 is 1.57 bits per heavy atom. The van der Waals surface area contributed by atoms with Crippen LogP contribution in [0.1, 0.15) is 17.5 Å². The minimum Gasteiger partial charge on any atom is -0.325 e. The number of hydrazine groups is 1. The van der Waals surface area contributed by atoms with Crippen molar-refractivity contribution < 1.29 is 19.4 Å². The van der Waals surface area contributed by atoms with Gasteiger partial charge in [-0.05, 0) is 17.7 Å². The fraction of sp³-hybridized carbons (Fsp3) is 0.304. The molecule has 0 aliphatic carbocycles. The third-order valence-electron chi connectivity index (χ3n) is 5.31. The van der Waals surface area contributed by atoms with Crippen LogP contribution >= 0.6 is 11.6 Å². The zero-order chi connectivity index (χ0) is 21.2. The van der Waals surface area contributed by atoms with Crippen molar-refractivity contribution in [1.82, 2.24) is 10.9 Å². The SMILES string of the molecule is O=C(/C=C/c1ccccc1Cl)NNC(=O)CC[NH+]1CC[NH+](Cc2ccccc2)CC1. The van der Waals surface area contributed by atoms with Gasteiger partial charge >= 0.3 is 0 Å². The van der Waals surface area contributed by atoms with E-state index in [-0.39, 0.29) is 5.91 Å². The molecule has 0 unspecified atom stereocenters. The third kappa shape index (κ3) is 7.30. The van der Waals surface area contributed by atoms with E-state index in [9.17, 15) is 9.59 Å². The van der Waals surface area contributed by atoms with Crippen LogP contribution in [0.3, 0.4) is 0 Å². The van der Waals surface area contributed by atoms with Gasteiger partial charge in [-0.3, -0.25) is 20.4 Å². The number of hydrogen-bond donors (Lipinski definition) is 4. The lowest BCUT2D eigenvalue weighted by atomic mass is 10.2. The molecule has 0 atom stereocenters. The van der Waals surface area contributed by atoms with Crippen LogP contribution < -0.4 is 20.7 Å². The Balaban J connectivity index is 1.30. The number of benzene rings is 2. The summed E-state index contributed by atoms with van der Waals surface area (Å²) in [5.74, 6) is -0.574. The second-order valence-corrected chi connectivity index (χ2v) is 7.96. The van der Waals surface area contributed by atoms with E-state index in [1.807, 2.05) is 24.3 Å². The van der Waals surface area contributed by atoms with Crippen molar-refractivity contribution in [2.24, 2.45) is 0 Å². The fourth-order valence-corrected chi connectivity index (χ4v) is 3.77. The Bertz CT molecular complexity index is 865. The summed E-state index contributed by atoms with van der Waals surface area (Å²) in [4.78, 5) is 26.9. The molecular weight excluding hydrogens is 400 g/mol. The minimum atomic E-state index is -0.395. The van der Waals surface area contributed by atoms with Gasteiger partial charge < -0.3 is 9.80 Å². The van der Waals surface area contributed by atoms with Crippen LogP contribution in [0.15, 0.2) is 60.7 Å². The molecule has 0 aromatic heterocycles. The Kier molecular flexibility index (Phi) is 8.44. The van der Waals surface area contributed by atoms with E-state index in [4.69, 9.17) is 11.6 Å². The fourth-order valence-electron chi connectivity index (χ4n) is 3.57. The van der Waals surface area contributed by atoms with Gasteiger partial charge in [0.05, 0.1) is 13.0 Å². The molecule has 0 radical (unpaired) electrons. The molecule has 30 heavy (non-hydrogen) atoms. The highest BCUT2D eigenvalue weighted by Gasteiger charge is 2.23. The summed E-state index contributed by atoms with van der Waals surface area (Å²) in [6.45, 7) is 6.16. The second-order valence-electron chi connectivity index (χ2n) is 7.55. The smallest absolute Gasteiger partial charge is 0.262 e. The Morgan fingerprint density at radius 3 is 2.30 bits per heavy atom. The van der Waals surface area contributed by atoms with Gasteiger partial charge in [0, 0.05) is 16.7 Å². The maximum atomic E-state index is 12.0. The van der Waals surface area contributed by atoms with Gasteiger partial charge in [0.2, 0.25) is 5.91 Å². The monoisotopic (exact) mass is 428 g/mol. The Labute approximate surface area is 182 Å². The van der Waals surface area contributed by atoms with Gasteiger partial charge in [0.25, 0.3) is 5.91 Å². The maximum absolute atomic E-state index is 12.0. The number of quaternary nitrogens is 2. The van der Waals surface area contributed by atoms with Crippen molar-refractivity contribution in [2.45, 2.75) is 13.0 Å². The molecule has 1 aliphatic rings. The van der Waals surface area contributed by atoms with Crippen LogP contribution in [0.2, 0.25) is 5.02 Å². The van der Waals surface area contributed by atoms with E-state index < -0.39 is 5.91 Å². The first-order valence-electron chi connectivity index (χ1n) is 10.3. The predicted octanol–water partition coefficient (Wildman–Crippen LogP) is -0.126. The summed E-state index contributed by atoms with van der Waals surface area (Å²) in [5.41, 5.74) is 7.00. The van der Waals surface area contributed by atoms with Crippen LogP contribution in [-0.4, -0.2) is 44.5 Å². The standard InChI is InChI=1S/C23H27ClN4O2/c24-21-9-5-4-8-20(21)10-11-22(29)25-26-23(30)12-13-27-14-16-28(17-15-27)18-19-6-2-1-3-7-19/h1-11H,12-18H2,(H,25,29)(H,26,30)/p+2/b11-10+. The molecule has 4 N–H and O–H groups in total. The summed E-state index contributed by atoms with van der Waals surface area (Å²) in [6, 6.07) is 17.8. The summed E-state index contributed by atoms with van der Waals surface area (Å²) >= 11 is 6.04. The van der Waals surface area contributed by atoms with E-state index in [0.717, 1.165) is 44.8 Å². The van der Waals surface area contributed by atoms with Crippen molar-refractivity contribution in [3.8, 4) is 0 Å². The first kappa shape index (κ1) is 22.0. The van der Waals surface area contributed by atoms with Crippen molar-refractivity contribution in [2.75, 3.05) is 32.7 Å². The number of halogens is 1. The molecule has 1 heterocycles. The zero-order valence-electron chi connectivity index (χ0n) is 17.0. The summed E-state index contributed by atoms with van der Waals surface area (Å²) in [7, 11) is 0. The molecule has 2 amide bonds. The molecule has 0 spiro atoms. The van der Waals surface area contributed by atoms with Crippen LogP contribution in [-0.2, 0) is 16.1 Å². The lowest BCUT2D eigenvalue weighted by molar-refractivity contribution is -1.02. The zero-order valence-corrected chi connectivity index (χ0v) is 17.8. The lowest BCUT2D eigenvalue weighted by Gasteiger charge is -2.29. The average molecular weight is 429 g/mol. The van der Waals surface area contributed by atoms with Gasteiger partial charge in [-0.2, -0.15) is 0 Å². The number of carbonyl (C=O) groups is 2. The number of piperazine rings is 1. The largest absolute Gasteiger partial charge is 0.325 e. The first-order valence-corrected chi connectivity index (χ1v) is 10.7. The molecule has 2 aromatic rings. The molecule has 7 heteroatoms. The van der Waals surface area contributed by atoms with Crippen LogP contribution in [0.4, 0.5) is 0 Å². The van der Waals surface area contributed by atoms with Gasteiger partial charge in [-0.1, -0.05) is 60.1 Å². The van der Waals surface area contributed by atoms with E-state index >= 15 is 0 Å². The van der Waals surface area contributed by atoms with Gasteiger partial charge in [-0.15, -0.1) is 0 Å². The Morgan fingerprint density at radius 1 is 0.900 bits per heavy atom. The Hall–Kier alpha value is -2.67. The van der Waals surface area contributed by atoms with Crippen molar-refractivity contribution in [1.29, 1.82) is 0 Å². The lowest BCUT2D eigenvalue weighted by Crippen LogP contribution is -3.27. The molecule has 3 rings (SSSR count). The summed E-state index contributed by atoms with van der Waals surface area (Å²) < 4.78 is 0. The van der Waals surface area contributed by atoms with Crippen molar-refractivity contribution >= 4 is 29.5 Å². The summed E-state index contributed by atoms with van der Waals surface area (Å²) in [6.07, 6.45) is 3.35. The van der Waals surface area contributed by atoms with Crippen LogP contribution in [0, 0.1) is 0 Å². The number of rotatable bonds is 7. The minimum absolute atomic E-state index is 0.180.